The van der Waals surface area contributed by atoms with Gasteiger partial charge in [0, 0.05) is 43.6 Å². The number of carbonyl (C=O) groups excluding carboxylic acids is 2. The molecule has 0 saturated carbocycles. The molecule has 144 valence electrons. The van der Waals surface area contributed by atoms with Crippen LogP contribution < -0.4 is 14.9 Å². The lowest BCUT2D eigenvalue weighted by molar-refractivity contribution is -0.121. The van der Waals surface area contributed by atoms with Crippen molar-refractivity contribution in [2.24, 2.45) is 0 Å². The highest BCUT2D eigenvalue weighted by atomic mass is 32.2. The first kappa shape index (κ1) is 20.4. The Morgan fingerprint density at radius 1 is 1.31 bits per heavy atom. The second kappa shape index (κ2) is 7.36. The summed E-state index contributed by atoms with van der Waals surface area (Å²) in [5.41, 5.74) is 1.10. The van der Waals surface area contributed by atoms with Gasteiger partial charge in [-0.15, -0.1) is 0 Å². The topological polar surface area (TPSA) is 95.6 Å². The molecule has 0 atom stereocenters. The minimum absolute atomic E-state index is 0.00685. The number of anilines is 1. The van der Waals surface area contributed by atoms with E-state index < -0.39 is 15.4 Å². The van der Waals surface area contributed by atoms with Gasteiger partial charge in [0.2, 0.25) is 21.8 Å². The predicted molar refractivity (Wildman–Crippen MR) is 101 cm³/mol. The van der Waals surface area contributed by atoms with Gasteiger partial charge in [-0.3, -0.25) is 9.59 Å². The van der Waals surface area contributed by atoms with Crippen LogP contribution in [-0.4, -0.2) is 39.9 Å². The summed E-state index contributed by atoms with van der Waals surface area (Å²) in [6.45, 7) is 7.57. The highest BCUT2D eigenvalue weighted by Crippen LogP contribution is 2.40. The summed E-state index contributed by atoms with van der Waals surface area (Å²) in [5, 5.41) is 2.72. The van der Waals surface area contributed by atoms with Crippen molar-refractivity contribution in [1.82, 2.24) is 10.0 Å². The third-order valence-corrected chi connectivity index (χ3v) is 5.89. The Bertz CT molecular complexity index is 816. The van der Waals surface area contributed by atoms with E-state index >= 15 is 0 Å². The van der Waals surface area contributed by atoms with Gasteiger partial charge in [-0.25, -0.2) is 13.1 Å². The molecule has 0 aliphatic carbocycles. The van der Waals surface area contributed by atoms with E-state index in [0.717, 1.165) is 11.3 Å². The molecule has 1 aliphatic rings. The third kappa shape index (κ3) is 4.42. The highest BCUT2D eigenvalue weighted by molar-refractivity contribution is 7.89. The van der Waals surface area contributed by atoms with E-state index in [1.165, 1.54) is 6.07 Å². The molecular formula is C18H27N3O4S. The van der Waals surface area contributed by atoms with Crippen molar-refractivity contribution in [1.29, 1.82) is 0 Å². The van der Waals surface area contributed by atoms with Crippen LogP contribution in [0.4, 0.5) is 5.69 Å². The molecule has 0 unspecified atom stereocenters. The van der Waals surface area contributed by atoms with Gasteiger partial charge in [0.15, 0.2) is 0 Å². The Labute approximate surface area is 155 Å². The maximum atomic E-state index is 12.6. The van der Waals surface area contributed by atoms with Crippen LogP contribution in [0.2, 0.25) is 0 Å². The maximum absolute atomic E-state index is 12.6. The number of nitrogens with one attached hydrogen (secondary N) is 2. The molecule has 26 heavy (non-hydrogen) atoms. The molecule has 1 heterocycles. The zero-order chi connectivity index (χ0) is 19.7. The second-order valence-corrected chi connectivity index (χ2v) is 9.33. The fourth-order valence-electron chi connectivity index (χ4n) is 3.02. The number of carbonyl (C=O) groups is 2. The lowest BCUT2D eigenvalue weighted by atomic mass is 9.77. The fraction of sp³-hybridized carbons (Fsp3) is 0.556. The lowest BCUT2D eigenvalue weighted by Gasteiger charge is -2.37. The van der Waals surface area contributed by atoms with Gasteiger partial charge in [-0.05, 0) is 37.6 Å². The zero-order valence-corrected chi connectivity index (χ0v) is 16.7. The molecule has 2 rings (SSSR count). The summed E-state index contributed by atoms with van der Waals surface area (Å²) in [5.74, 6) is -0.193. The fourth-order valence-corrected chi connectivity index (χ4v) is 4.08. The van der Waals surface area contributed by atoms with Crippen LogP contribution in [0.25, 0.3) is 0 Å². The molecule has 1 aromatic rings. The van der Waals surface area contributed by atoms with E-state index in [1.807, 2.05) is 27.7 Å². The van der Waals surface area contributed by atoms with E-state index in [1.54, 1.807) is 24.1 Å². The molecule has 0 aromatic heterocycles. The van der Waals surface area contributed by atoms with Crippen LogP contribution in [0.5, 0.6) is 0 Å². The van der Waals surface area contributed by atoms with Crippen molar-refractivity contribution >= 4 is 27.5 Å². The Kier molecular flexibility index (Phi) is 5.77. The monoisotopic (exact) mass is 381 g/mol. The molecule has 0 spiro atoms. The number of benzene rings is 1. The van der Waals surface area contributed by atoms with Gasteiger partial charge in [0.1, 0.15) is 0 Å². The van der Waals surface area contributed by atoms with Crippen LogP contribution in [0.3, 0.4) is 0 Å². The van der Waals surface area contributed by atoms with Gasteiger partial charge in [0.05, 0.1) is 4.90 Å². The Balaban J connectivity index is 2.19. The highest BCUT2D eigenvalue weighted by Gasteiger charge is 2.36. The Morgan fingerprint density at radius 2 is 1.96 bits per heavy atom. The molecular weight excluding hydrogens is 354 g/mol. The van der Waals surface area contributed by atoms with Gasteiger partial charge in [-0.2, -0.15) is 0 Å². The van der Waals surface area contributed by atoms with Crippen molar-refractivity contribution in [2.45, 2.75) is 56.9 Å². The number of amides is 2. The van der Waals surface area contributed by atoms with Gasteiger partial charge >= 0.3 is 0 Å². The first-order valence-electron chi connectivity index (χ1n) is 8.64. The first-order valence-corrected chi connectivity index (χ1v) is 10.1. The molecule has 2 N–H and O–H groups in total. The van der Waals surface area contributed by atoms with Crippen molar-refractivity contribution < 1.29 is 18.0 Å². The Morgan fingerprint density at radius 3 is 2.58 bits per heavy atom. The molecule has 8 heteroatoms. The molecule has 0 radical (unpaired) electrons. The van der Waals surface area contributed by atoms with Crippen LogP contribution in [-0.2, 0) is 25.0 Å². The summed E-state index contributed by atoms with van der Waals surface area (Å²) < 4.78 is 27.6. The quantitative estimate of drug-likeness (QED) is 0.781. The van der Waals surface area contributed by atoms with Crippen molar-refractivity contribution in [3.63, 3.8) is 0 Å². The largest absolute Gasteiger partial charge is 0.354 e. The summed E-state index contributed by atoms with van der Waals surface area (Å²) >= 11 is 0. The smallest absolute Gasteiger partial charge is 0.240 e. The average molecular weight is 381 g/mol. The van der Waals surface area contributed by atoms with Gasteiger partial charge in [0.25, 0.3) is 0 Å². The number of nitrogens with zero attached hydrogens (tertiary/aromatic N) is 1. The maximum Gasteiger partial charge on any atom is 0.240 e. The van der Waals surface area contributed by atoms with E-state index in [-0.39, 0.29) is 35.7 Å². The normalized spacial score (nSPS) is 16.5. The summed E-state index contributed by atoms with van der Waals surface area (Å²) in [4.78, 5) is 25.4. The summed E-state index contributed by atoms with van der Waals surface area (Å²) in [6, 6.07) is 4.78. The van der Waals surface area contributed by atoms with Gasteiger partial charge in [-0.1, -0.05) is 13.8 Å². The SMILES string of the molecule is CC(C)NC(=O)CCNS(=O)(=O)c1ccc2c(c1)C(C)(C)CC(=O)N2C. The van der Waals surface area contributed by atoms with Crippen molar-refractivity contribution in [3.05, 3.63) is 23.8 Å². The number of hydrogen-bond acceptors (Lipinski definition) is 4. The molecule has 2 amide bonds. The first-order chi connectivity index (χ1) is 11.9. The standard InChI is InChI=1S/C18H27N3O4S/c1-12(2)20-16(22)8-9-19-26(24,25)13-6-7-15-14(10-13)18(3,4)11-17(23)21(15)5/h6-7,10,12,19H,8-9,11H2,1-5H3,(H,20,22). The van der Waals surface area contributed by atoms with Crippen LogP contribution in [0.1, 0.15) is 46.1 Å². The summed E-state index contributed by atoms with van der Waals surface area (Å²) in [7, 11) is -2.04. The van der Waals surface area contributed by atoms with Crippen molar-refractivity contribution in [3.8, 4) is 0 Å². The van der Waals surface area contributed by atoms with E-state index in [2.05, 4.69) is 10.0 Å². The number of rotatable bonds is 6. The van der Waals surface area contributed by atoms with Crippen LogP contribution in [0.15, 0.2) is 23.1 Å². The number of hydrogen-bond donors (Lipinski definition) is 2. The third-order valence-electron chi connectivity index (χ3n) is 4.43. The number of fused-ring (bicyclic) bond motifs is 1. The van der Waals surface area contributed by atoms with E-state index in [4.69, 9.17) is 0 Å². The minimum Gasteiger partial charge on any atom is -0.354 e. The molecule has 0 bridgehead atoms. The molecule has 1 aliphatic heterocycles. The van der Waals surface area contributed by atoms with Crippen LogP contribution >= 0.6 is 0 Å². The predicted octanol–water partition coefficient (Wildman–Crippen LogP) is 1.52. The molecule has 7 nitrogen and oxygen atoms in total. The summed E-state index contributed by atoms with van der Waals surface area (Å²) in [6.07, 6.45) is 0.397. The van der Waals surface area contributed by atoms with Crippen molar-refractivity contribution in [2.75, 3.05) is 18.5 Å². The molecule has 0 saturated heterocycles. The minimum atomic E-state index is -3.73. The molecule has 0 fully saturated rings. The Hall–Kier alpha value is -1.93. The molecule has 1 aromatic carbocycles. The average Bonchev–Trinajstić information content (AvgIpc) is 2.51. The number of sulfonamides is 1. The zero-order valence-electron chi connectivity index (χ0n) is 15.9. The van der Waals surface area contributed by atoms with Crippen LogP contribution in [0, 0.1) is 0 Å². The lowest BCUT2D eigenvalue weighted by Crippen LogP contribution is -2.39. The van der Waals surface area contributed by atoms with Gasteiger partial charge < -0.3 is 10.2 Å². The second-order valence-electron chi connectivity index (χ2n) is 7.56. The van der Waals surface area contributed by atoms with E-state index in [0.29, 0.717) is 6.42 Å². The van der Waals surface area contributed by atoms with E-state index in [9.17, 15) is 18.0 Å².